The Balaban J connectivity index is 1.81. The lowest BCUT2D eigenvalue weighted by Gasteiger charge is -2.39. The summed E-state index contributed by atoms with van der Waals surface area (Å²) >= 11 is 0. The zero-order valence-electron chi connectivity index (χ0n) is 14.8. The van der Waals surface area contributed by atoms with Gasteiger partial charge in [0.25, 0.3) is 5.91 Å². The van der Waals surface area contributed by atoms with Gasteiger partial charge in [0, 0.05) is 17.3 Å². The fraction of sp³-hybridized carbons (Fsp3) is 0.350. The fourth-order valence-corrected chi connectivity index (χ4v) is 3.46. The average molecular weight is 374 g/mol. The Morgan fingerprint density at radius 2 is 1.96 bits per heavy atom. The van der Waals surface area contributed by atoms with Gasteiger partial charge in [-0.3, -0.25) is 4.79 Å². The summed E-state index contributed by atoms with van der Waals surface area (Å²) in [7, 11) is 0. The molecular weight excluding hydrogens is 354 g/mol. The third kappa shape index (κ3) is 3.29. The highest BCUT2D eigenvalue weighted by molar-refractivity contribution is 6.02. The van der Waals surface area contributed by atoms with Crippen LogP contribution in [0.2, 0.25) is 0 Å². The van der Waals surface area contributed by atoms with Crippen molar-refractivity contribution < 1.29 is 23.0 Å². The number of hydrogen-bond donors (Lipinski definition) is 1. The maximum Gasteiger partial charge on any atom is 0.387 e. The van der Waals surface area contributed by atoms with E-state index in [-0.39, 0.29) is 23.4 Å². The minimum Gasteiger partial charge on any atom is -0.490 e. The molecule has 1 atom stereocenters. The number of nitrogens with zero attached hydrogens (tertiary/aromatic N) is 1. The summed E-state index contributed by atoms with van der Waals surface area (Å²) in [5.74, 6) is 0.0884. The average Bonchev–Trinajstić information content (AvgIpc) is 3.48. The number of amides is 1. The summed E-state index contributed by atoms with van der Waals surface area (Å²) in [4.78, 5) is 14.8. The van der Waals surface area contributed by atoms with Crippen molar-refractivity contribution in [2.24, 2.45) is 0 Å². The molecule has 0 spiro atoms. The van der Waals surface area contributed by atoms with Crippen LogP contribution in [0.1, 0.15) is 41.9 Å². The van der Waals surface area contributed by atoms with Crippen LogP contribution in [0.4, 0.5) is 14.5 Å². The topological polar surface area (TPSA) is 50.8 Å². The normalized spacial score (nSPS) is 18.9. The van der Waals surface area contributed by atoms with E-state index in [1.807, 2.05) is 18.2 Å². The van der Waals surface area contributed by atoms with E-state index in [9.17, 15) is 13.6 Å². The highest BCUT2D eigenvalue weighted by Crippen LogP contribution is 2.45. The van der Waals surface area contributed by atoms with E-state index in [0.29, 0.717) is 23.4 Å². The number of anilines is 1. The van der Waals surface area contributed by atoms with Gasteiger partial charge in [0.2, 0.25) is 0 Å². The Labute approximate surface area is 155 Å². The van der Waals surface area contributed by atoms with Gasteiger partial charge in [0.15, 0.2) is 11.5 Å². The number of carbonyl (C=O) groups excluding carboxylic acids is 1. The lowest BCUT2D eigenvalue weighted by Crippen LogP contribution is -2.44. The summed E-state index contributed by atoms with van der Waals surface area (Å²) in [6.45, 7) is -0.908. The monoisotopic (exact) mass is 374 g/mol. The number of benzene rings is 2. The summed E-state index contributed by atoms with van der Waals surface area (Å²) in [5, 5.41) is 3.32. The van der Waals surface area contributed by atoms with Crippen LogP contribution in [-0.2, 0) is 0 Å². The third-order valence-electron chi connectivity index (χ3n) is 4.71. The molecule has 2 aromatic rings. The van der Waals surface area contributed by atoms with Crippen molar-refractivity contribution in [2.45, 2.75) is 38.6 Å². The number of nitrogens with one attached hydrogen (secondary N) is 1. The van der Waals surface area contributed by atoms with Crippen molar-refractivity contribution in [3.05, 3.63) is 53.6 Å². The van der Waals surface area contributed by atoms with Gasteiger partial charge in [0.05, 0.1) is 12.2 Å². The number of para-hydroxylation sites is 2. The Morgan fingerprint density at radius 3 is 2.67 bits per heavy atom. The molecular formula is C20H20F2N2O3. The Morgan fingerprint density at radius 1 is 1.19 bits per heavy atom. The Kier molecular flexibility index (Phi) is 4.59. The van der Waals surface area contributed by atoms with Crippen molar-refractivity contribution in [3.63, 3.8) is 0 Å². The number of alkyl halides is 2. The first kappa shape index (κ1) is 17.6. The predicted octanol–water partition coefficient (Wildman–Crippen LogP) is 4.42. The van der Waals surface area contributed by atoms with Crippen LogP contribution < -0.4 is 14.8 Å². The molecule has 1 aliphatic carbocycles. The molecule has 0 bridgehead atoms. The highest BCUT2D eigenvalue weighted by Gasteiger charge is 2.43. The summed E-state index contributed by atoms with van der Waals surface area (Å²) < 4.78 is 36.5. The largest absolute Gasteiger partial charge is 0.490 e. The second-order valence-corrected chi connectivity index (χ2v) is 6.52. The van der Waals surface area contributed by atoms with Crippen LogP contribution in [0.3, 0.4) is 0 Å². The molecule has 1 fully saturated rings. The van der Waals surface area contributed by atoms with Crippen molar-refractivity contribution in [3.8, 4) is 11.5 Å². The van der Waals surface area contributed by atoms with Gasteiger partial charge >= 0.3 is 6.61 Å². The predicted molar refractivity (Wildman–Crippen MR) is 96.2 cm³/mol. The van der Waals surface area contributed by atoms with Crippen LogP contribution >= 0.6 is 0 Å². The van der Waals surface area contributed by atoms with Crippen LogP contribution in [0.5, 0.6) is 11.5 Å². The molecule has 0 radical (unpaired) electrons. The van der Waals surface area contributed by atoms with Gasteiger partial charge < -0.3 is 19.7 Å². The van der Waals surface area contributed by atoms with Gasteiger partial charge in [-0.05, 0) is 38.0 Å². The van der Waals surface area contributed by atoms with E-state index in [2.05, 4.69) is 5.32 Å². The quantitative estimate of drug-likeness (QED) is 0.813. The number of fused-ring (bicyclic) bond motifs is 1. The molecule has 0 aromatic heterocycles. The van der Waals surface area contributed by atoms with Crippen LogP contribution in [0.15, 0.2) is 42.5 Å². The molecule has 1 heterocycles. The SMILES string of the molecule is CCOc1cccc([C@H]2Nc3ccccc3C(=O)N2C2CC2)c1OC(F)F. The van der Waals surface area contributed by atoms with Gasteiger partial charge in [-0.2, -0.15) is 8.78 Å². The molecule has 1 N–H and O–H groups in total. The molecule has 142 valence electrons. The zero-order valence-corrected chi connectivity index (χ0v) is 14.8. The van der Waals surface area contributed by atoms with Crippen molar-refractivity contribution in [1.29, 1.82) is 0 Å². The second-order valence-electron chi connectivity index (χ2n) is 6.52. The molecule has 1 saturated carbocycles. The molecule has 1 aliphatic heterocycles. The van der Waals surface area contributed by atoms with Crippen LogP contribution in [0, 0.1) is 0 Å². The van der Waals surface area contributed by atoms with Gasteiger partial charge in [-0.1, -0.05) is 24.3 Å². The lowest BCUT2D eigenvalue weighted by atomic mass is 10.0. The van der Waals surface area contributed by atoms with E-state index in [0.717, 1.165) is 12.8 Å². The van der Waals surface area contributed by atoms with Crippen LogP contribution in [0.25, 0.3) is 0 Å². The minimum absolute atomic E-state index is 0.0373. The Hall–Kier alpha value is -2.83. The smallest absolute Gasteiger partial charge is 0.387 e. The van der Waals surface area contributed by atoms with Crippen LogP contribution in [-0.4, -0.2) is 30.1 Å². The van der Waals surface area contributed by atoms with E-state index in [1.54, 1.807) is 36.1 Å². The zero-order chi connectivity index (χ0) is 19.0. The van der Waals surface area contributed by atoms with E-state index in [1.165, 1.54) is 0 Å². The molecule has 0 unspecified atom stereocenters. The van der Waals surface area contributed by atoms with E-state index < -0.39 is 12.8 Å². The maximum atomic E-state index is 13.1. The highest BCUT2D eigenvalue weighted by atomic mass is 19.3. The summed E-state index contributed by atoms with van der Waals surface area (Å²) in [5.41, 5.74) is 1.71. The van der Waals surface area contributed by atoms with Crippen molar-refractivity contribution in [1.82, 2.24) is 4.90 Å². The third-order valence-corrected chi connectivity index (χ3v) is 4.71. The number of carbonyl (C=O) groups is 1. The first-order valence-electron chi connectivity index (χ1n) is 8.99. The molecule has 1 amide bonds. The second kappa shape index (κ2) is 7.06. The van der Waals surface area contributed by atoms with Gasteiger partial charge in [-0.15, -0.1) is 0 Å². The summed E-state index contributed by atoms with van der Waals surface area (Å²) in [6.07, 6.45) is 1.18. The molecule has 4 rings (SSSR count). The molecule has 0 saturated heterocycles. The van der Waals surface area contributed by atoms with Gasteiger partial charge in [-0.25, -0.2) is 0 Å². The number of ether oxygens (including phenoxy) is 2. The number of rotatable bonds is 6. The van der Waals surface area contributed by atoms with Crippen molar-refractivity contribution >= 4 is 11.6 Å². The maximum absolute atomic E-state index is 13.1. The van der Waals surface area contributed by atoms with Gasteiger partial charge in [0.1, 0.15) is 6.17 Å². The minimum atomic E-state index is -2.99. The van der Waals surface area contributed by atoms with E-state index >= 15 is 0 Å². The van der Waals surface area contributed by atoms with E-state index in [4.69, 9.17) is 9.47 Å². The fourth-order valence-electron chi connectivity index (χ4n) is 3.46. The number of halogens is 2. The molecule has 2 aromatic carbocycles. The summed E-state index contributed by atoms with van der Waals surface area (Å²) in [6, 6.07) is 12.3. The molecule has 27 heavy (non-hydrogen) atoms. The lowest BCUT2D eigenvalue weighted by molar-refractivity contribution is -0.0526. The van der Waals surface area contributed by atoms with Crippen molar-refractivity contribution in [2.75, 3.05) is 11.9 Å². The first-order valence-corrected chi connectivity index (χ1v) is 8.99. The Bertz CT molecular complexity index is 855. The molecule has 7 heteroatoms. The first-order chi connectivity index (χ1) is 13.1. The molecule has 5 nitrogen and oxygen atoms in total. The number of hydrogen-bond acceptors (Lipinski definition) is 4. The molecule has 2 aliphatic rings. The standard InChI is InChI=1S/C20H20F2N2O3/c1-2-26-16-9-5-7-14(17(16)27-20(21)22)18-23-15-8-4-3-6-13(15)19(25)24(18)12-10-11-12/h3-9,12,18,20,23H,2,10-11H2,1H3/t18-/m0/s1.